The number of methoxy groups -OCH3 is 1. The van der Waals surface area contributed by atoms with Crippen LogP contribution in [0.4, 0.5) is 10.1 Å². The molecule has 1 aliphatic rings. The van der Waals surface area contributed by atoms with E-state index in [1.54, 1.807) is 40.1 Å². The zero-order valence-corrected chi connectivity index (χ0v) is 22.7. The van der Waals surface area contributed by atoms with Gasteiger partial charge >= 0.3 is 0 Å². The Labute approximate surface area is 224 Å². The van der Waals surface area contributed by atoms with Crippen molar-refractivity contribution < 1.29 is 23.5 Å². The lowest BCUT2D eigenvalue weighted by atomic mass is 10.1. The first-order valence-electron chi connectivity index (χ1n) is 12.7. The summed E-state index contributed by atoms with van der Waals surface area (Å²) < 4.78 is 25.2. The number of benzene rings is 2. The second kappa shape index (κ2) is 14.3. The molecule has 0 aliphatic carbocycles. The molecular weight excluding hydrogens is 497 g/mol. The minimum Gasteiger partial charge on any atom is -0.484 e. The highest BCUT2D eigenvalue weighted by Crippen LogP contribution is 2.25. The molecule has 0 unspecified atom stereocenters. The Kier molecular flexibility index (Phi) is 11.2. The molecule has 0 aromatic heterocycles. The molecule has 0 saturated heterocycles. The largest absolute Gasteiger partial charge is 0.484 e. The highest BCUT2D eigenvalue weighted by Gasteiger charge is 2.24. The lowest BCUT2D eigenvalue weighted by Gasteiger charge is -2.32. The molecule has 0 fully saturated rings. The van der Waals surface area contributed by atoms with Crippen molar-refractivity contribution >= 4 is 29.1 Å². The van der Waals surface area contributed by atoms with Crippen molar-refractivity contribution in [2.24, 2.45) is 5.92 Å². The van der Waals surface area contributed by atoms with Crippen LogP contribution in [0.1, 0.15) is 32.3 Å². The van der Waals surface area contributed by atoms with E-state index in [2.05, 4.69) is 18.7 Å². The first-order valence-corrected chi connectivity index (χ1v) is 13.1. The fourth-order valence-electron chi connectivity index (χ4n) is 4.54. The number of halogens is 2. The maximum absolute atomic E-state index is 14.4. The molecule has 1 heterocycles. The standard InChI is InChI=1S/C28H37ClFN3O4/c1-21(2)17-31-12-4-14-32(27(34)20-37-25-9-6-23(29)7-10-25)18-22-16-24(30)8-11-26(22)33(15-5-13-31)28(35)19-36-3/h6-11,16,21H,4-5,12-15,17-20H2,1-3H3. The fraction of sp³-hybridized carbons (Fsp3) is 0.500. The van der Waals surface area contributed by atoms with Gasteiger partial charge in [-0.25, -0.2) is 4.39 Å². The van der Waals surface area contributed by atoms with Crippen molar-refractivity contribution in [2.45, 2.75) is 33.2 Å². The molecule has 1 aliphatic heterocycles. The van der Waals surface area contributed by atoms with Crippen LogP contribution in [0.3, 0.4) is 0 Å². The fourth-order valence-corrected chi connectivity index (χ4v) is 4.66. The first kappa shape index (κ1) is 28.9. The maximum Gasteiger partial charge on any atom is 0.260 e. The Balaban J connectivity index is 1.88. The van der Waals surface area contributed by atoms with E-state index in [0.29, 0.717) is 41.0 Å². The molecular formula is C28H37ClFN3O4. The van der Waals surface area contributed by atoms with Gasteiger partial charge < -0.3 is 24.2 Å². The number of carbonyl (C=O) groups excluding carboxylic acids is 2. The summed E-state index contributed by atoms with van der Waals surface area (Å²) in [7, 11) is 1.48. The number of amides is 2. The maximum atomic E-state index is 14.4. The smallest absolute Gasteiger partial charge is 0.260 e. The molecule has 0 saturated carbocycles. The predicted octanol–water partition coefficient (Wildman–Crippen LogP) is 4.62. The third kappa shape index (κ3) is 8.98. The Morgan fingerprint density at radius 2 is 1.68 bits per heavy atom. The third-order valence-electron chi connectivity index (χ3n) is 6.17. The summed E-state index contributed by atoms with van der Waals surface area (Å²) in [6.07, 6.45) is 1.55. The molecule has 0 N–H and O–H groups in total. The van der Waals surface area contributed by atoms with Crippen LogP contribution in [0.15, 0.2) is 42.5 Å². The van der Waals surface area contributed by atoms with Gasteiger partial charge in [-0.1, -0.05) is 25.4 Å². The van der Waals surface area contributed by atoms with Gasteiger partial charge in [0.15, 0.2) is 6.61 Å². The van der Waals surface area contributed by atoms with Crippen molar-refractivity contribution in [3.05, 3.63) is 58.9 Å². The van der Waals surface area contributed by atoms with Gasteiger partial charge in [-0.15, -0.1) is 0 Å². The average Bonchev–Trinajstić information content (AvgIpc) is 2.85. The van der Waals surface area contributed by atoms with Crippen LogP contribution in [0.2, 0.25) is 5.02 Å². The Bertz CT molecular complexity index is 1030. The highest BCUT2D eigenvalue weighted by atomic mass is 35.5. The van der Waals surface area contributed by atoms with Gasteiger partial charge in [-0.2, -0.15) is 0 Å². The van der Waals surface area contributed by atoms with Crippen molar-refractivity contribution in [2.75, 3.05) is 57.9 Å². The topological polar surface area (TPSA) is 62.3 Å². The van der Waals surface area contributed by atoms with Gasteiger partial charge in [0.25, 0.3) is 11.8 Å². The summed E-state index contributed by atoms with van der Waals surface area (Å²) in [5.41, 5.74) is 1.17. The molecule has 2 amide bonds. The van der Waals surface area contributed by atoms with Crippen LogP contribution < -0.4 is 9.64 Å². The Morgan fingerprint density at radius 3 is 2.35 bits per heavy atom. The van der Waals surface area contributed by atoms with E-state index in [1.165, 1.54) is 19.2 Å². The summed E-state index contributed by atoms with van der Waals surface area (Å²) in [5.74, 6) is 0.198. The summed E-state index contributed by atoms with van der Waals surface area (Å²) in [5, 5.41) is 0.582. The molecule has 202 valence electrons. The number of fused-ring (bicyclic) bond motifs is 1. The molecule has 2 aromatic rings. The quantitative estimate of drug-likeness (QED) is 0.520. The van der Waals surface area contributed by atoms with E-state index in [1.807, 2.05) is 0 Å². The van der Waals surface area contributed by atoms with Crippen molar-refractivity contribution in [1.82, 2.24) is 9.80 Å². The van der Waals surface area contributed by atoms with Crippen LogP contribution >= 0.6 is 11.6 Å². The number of rotatable bonds is 7. The zero-order chi connectivity index (χ0) is 26.8. The summed E-state index contributed by atoms with van der Waals surface area (Å²) in [4.78, 5) is 32.0. The molecule has 37 heavy (non-hydrogen) atoms. The number of hydrogen-bond acceptors (Lipinski definition) is 5. The molecule has 9 heteroatoms. The minimum atomic E-state index is -0.419. The lowest BCUT2D eigenvalue weighted by molar-refractivity contribution is -0.134. The van der Waals surface area contributed by atoms with Gasteiger partial charge in [0, 0.05) is 44.0 Å². The number of nitrogens with zero attached hydrogens (tertiary/aromatic N) is 3. The van der Waals surface area contributed by atoms with E-state index >= 15 is 0 Å². The molecule has 0 spiro atoms. The van der Waals surface area contributed by atoms with Crippen molar-refractivity contribution in [3.8, 4) is 5.75 Å². The number of carbonyl (C=O) groups is 2. The first-order chi connectivity index (χ1) is 17.8. The molecule has 0 bridgehead atoms. The molecule has 0 radical (unpaired) electrons. The summed E-state index contributed by atoms with van der Waals surface area (Å²) in [6, 6.07) is 11.2. The minimum absolute atomic E-state index is 0.0793. The van der Waals surface area contributed by atoms with E-state index in [9.17, 15) is 14.0 Å². The normalized spacial score (nSPS) is 15.6. The van der Waals surface area contributed by atoms with Gasteiger partial charge in [-0.3, -0.25) is 9.59 Å². The van der Waals surface area contributed by atoms with Gasteiger partial charge in [0.05, 0.1) is 0 Å². The van der Waals surface area contributed by atoms with Crippen LogP contribution in [0.5, 0.6) is 5.75 Å². The average molecular weight is 534 g/mol. The summed E-state index contributed by atoms with van der Waals surface area (Å²) >= 11 is 5.94. The van der Waals surface area contributed by atoms with Crippen molar-refractivity contribution in [3.63, 3.8) is 0 Å². The molecule has 2 aromatic carbocycles. The Hall–Kier alpha value is -2.68. The van der Waals surface area contributed by atoms with Crippen LogP contribution in [-0.4, -0.2) is 74.7 Å². The van der Waals surface area contributed by atoms with E-state index in [0.717, 1.165) is 32.5 Å². The molecule has 7 nitrogen and oxygen atoms in total. The SMILES string of the molecule is COCC(=O)N1CCCN(CC(C)C)CCCN(C(=O)COc2ccc(Cl)cc2)Cc2cc(F)ccc21. The van der Waals surface area contributed by atoms with Gasteiger partial charge in [0.1, 0.15) is 18.2 Å². The molecule has 3 rings (SSSR count). The van der Waals surface area contributed by atoms with Crippen molar-refractivity contribution in [1.29, 1.82) is 0 Å². The second-order valence-corrected chi connectivity index (χ2v) is 10.1. The van der Waals surface area contributed by atoms with Gasteiger partial charge in [0.2, 0.25) is 0 Å². The monoisotopic (exact) mass is 533 g/mol. The number of anilines is 1. The summed E-state index contributed by atoms with van der Waals surface area (Å²) in [6.45, 7) is 7.82. The van der Waals surface area contributed by atoms with Crippen LogP contribution in [0.25, 0.3) is 0 Å². The van der Waals surface area contributed by atoms with E-state index < -0.39 is 5.82 Å². The third-order valence-corrected chi connectivity index (χ3v) is 6.42. The second-order valence-electron chi connectivity index (χ2n) is 9.71. The van der Waals surface area contributed by atoms with Crippen LogP contribution in [0, 0.1) is 11.7 Å². The Morgan fingerprint density at radius 1 is 0.973 bits per heavy atom. The number of hydrogen-bond donors (Lipinski definition) is 0. The van der Waals surface area contributed by atoms with E-state index in [-0.39, 0.29) is 31.6 Å². The highest BCUT2D eigenvalue weighted by molar-refractivity contribution is 6.30. The van der Waals surface area contributed by atoms with Crippen LogP contribution in [-0.2, 0) is 20.9 Å². The van der Waals surface area contributed by atoms with Gasteiger partial charge in [-0.05, 0) is 79.9 Å². The van der Waals surface area contributed by atoms with E-state index in [4.69, 9.17) is 21.1 Å². The predicted molar refractivity (Wildman–Crippen MR) is 144 cm³/mol. The lowest BCUT2D eigenvalue weighted by Crippen LogP contribution is -2.41. The molecule has 0 atom stereocenters. The number of ether oxygens (including phenoxy) is 2. The zero-order valence-electron chi connectivity index (χ0n) is 21.9.